The van der Waals surface area contributed by atoms with Crippen molar-refractivity contribution in [2.45, 2.75) is 0 Å². The number of nitro benzene ring substituents is 1. The van der Waals surface area contributed by atoms with E-state index in [9.17, 15) is 14.9 Å². The molecule has 22 heavy (non-hydrogen) atoms. The van der Waals surface area contributed by atoms with Crippen LogP contribution in [-0.2, 0) is 4.74 Å². The number of anilines is 1. The summed E-state index contributed by atoms with van der Waals surface area (Å²) in [6.45, 7) is 0. The van der Waals surface area contributed by atoms with Gasteiger partial charge in [-0.2, -0.15) is 0 Å². The molecule has 0 radical (unpaired) electrons. The van der Waals surface area contributed by atoms with Crippen LogP contribution in [0.15, 0.2) is 40.9 Å². The number of esters is 1. The summed E-state index contributed by atoms with van der Waals surface area (Å²) in [5.74, 6) is -0.622. The fraction of sp³-hybridized carbons (Fsp3) is 0.133. The third kappa shape index (κ3) is 2.94. The molecule has 2 aromatic carbocycles. The van der Waals surface area contributed by atoms with Crippen molar-refractivity contribution in [2.75, 3.05) is 19.5 Å². The molecule has 0 unspecified atom stereocenters. The molecule has 0 amide bonds. The number of carbonyl (C=O) groups excluding carboxylic acids is 1. The molecule has 0 heterocycles. The van der Waals surface area contributed by atoms with Crippen molar-refractivity contribution < 1.29 is 14.5 Å². The first-order chi connectivity index (χ1) is 10.5. The number of carbonyl (C=O) groups is 1. The summed E-state index contributed by atoms with van der Waals surface area (Å²) in [6.07, 6.45) is 0. The van der Waals surface area contributed by atoms with Crippen molar-refractivity contribution in [2.24, 2.45) is 0 Å². The summed E-state index contributed by atoms with van der Waals surface area (Å²) in [4.78, 5) is 23.0. The molecule has 0 fully saturated rings. The van der Waals surface area contributed by atoms with Crippen LogP contribution in [0, 0.1) is 10.1 Å². The van der Waals surface area contributed by atoms with Gasteiger partial charge >= 0.3 is 11.7 Å². The maximum absolute atomic E-state index is 12.0. The standard InChI is InChI=1S/C15H13BrN2O4/c1-17-12-8-7-11(15(19)22-2)13(14(12)18(20)21)9-3-5-10(16)6-4-9/h3-8,17H,1-2H3. The number of nitrogens with one attached hydrogen (secondary N) is 1. The number of hydrogen-bond acceptors (Lipinski definition) is 5. The summed E-state index contributed by atoms with van der Waals surface area (Å²) >= 11 is 3.32. The number of rotatable bonds is 4. The SMILES string of the molecule is CNc1ccc(C(=O)OC)c(-c2ccc(Br)cc2)c1[N+](=O)[O-]. The molecule has 2 aromatic rings. The molecule has 2 rings (SSSR count). The van der Waals surface area contributed by atoms with Crippen molar-refractivity contribution >= 4 is 33.3 Å². The molecule has 0 aromatic heterocycles. The topological polar surface area (TPSA) is 81.5 Å². The second-order valence-corrected chi connectivity index (χ2v) is 5.31. The normalized spacial score (nSPS) is 10.1. The third-order valence-corrected chi connectivity index (χ3v) is 3.70. The first kappa shape index (κ1) is 16.0. The summed E-state index contributed by atoms with van der Waals surface area (Å²) in [6, 6.07) is 9.93. The van der Waals surface area contributed by atoms with Crippen molar-refractivity contribution in [3.05, 3.63) is 56.5 Å². The van der Waals surface area contributed by atoms with E-state index in [1.54, 1.807) is 31.3 Å². The highest BCUT2D eigenvalue weighted by atomic mass is 79.9. The lowest BCUT2D eigenvalue weighted by Crippen LogP contribution is -2.08. The van der Waals surface area contributed by atoms with E-state index >= 15 is 0 Å². The Morgan fingerprint density at radius 1 is 1.23 bits per heavy atom. The molecule has 1 N–H and O–H groups in total. The Hall–Kier alpha value is -2.41. The Morgan fingerprint density at radius 3 is 2.36 bits per heavy atom. The molecule has 0 aliphatic heterocycles. The van der Waals surface area contributed by atoms with Gasteiger partial charge in [0.25, 0.3) is 0 Å². The first-order valence-corrected chi connectivity index (χ1v) is 7.12. The van der Waals surface area contributed by atoms with Crippen molar-refractivity contribution in [3.63, 3.8) is 0 Å². The number of hydrogen-bond donors (Lipinski definition) is 1. The lowest BCUT2D eigenvalue weighted by Gasteiger charge is -2.12. The van der Waals surface area contributed by atoms with Crippen LogP contribution in [0.3, 0.4) is 0 Å². The van der Waals surface area contributed by atoms with Crippen LogP contribution in [0.4, 0.5) is 11.4 Å². The maximum Gasteiger partial charge on any atom is 0.338 e. The van der Waals surface area contributed by atoms with Crippen LogP contribution < -0.4 is 5.32 Å². The van der Waals surface area contributed by atoms with Crippen molar-refractivity contribution in [1.82, 2.24) is 0 Å². The van der Waals surface area contributed by atoms with E-state index in [1.165, 1.54) is 19.2 Å². The van der Waals surface area contributed by atoms with Crippen molar-refractivity contribution in [3.8, 4) is 11.1 Å². The van der Waals surface area contributed by atoms with Gasteiger partial charge in [-0.3, -0.25) is 10.1 Å². The van der Waals surface area contributed by atoms with Crippen LogP contribution in [0.25, 0.3) is 11.1 Å². The molecule has 0 atom stereocenters. The second kappa shape index (κ2) is 6.57. The van der Waals surface area contributed by atoms with E-state index in [1.807, 2.05) is 0 Å². The molecule has 0 aliphatic carbocycles. The van der Waals surface area contributed by atoms with Crippen LogP contribution in [0.2, 0.25) is 0 Å². The highest BCUT2D eigenvalue weighted by Crippen LogP contribution is 2.39. The van der Waals surface area contributed by atoms with E-state index in [-0.39, 0.29) is 16.8 Å². The van der Waals surface area contributed by atoms with Gasteiger partial charge in [-0.1, -0.05) is 28.1 Å². The van der Waals surface area contributed by atoms with Crippen LogP contribution in [0.1, 0.15) is 10.4 Å². The summed E-state index contributed by atoms with van der Waals surface area (Å²) in [7, 11) is 2.83. The monoisotopic (exact) mass is 364 g/mol. The Morgan fingerprint density at radius 2 is 1.86 bits per heavy atom. The van der Waals surface area contributed by atoms with Gasteiger partial charge in [0.2, 0.25) is 0 Å². The number of halogens is 1. The second-order valence-electron chi connectivity index (χ2n) is 4.39. The van der Waals surface area contributed by atoms with Crippen LogP contribution in [0.5, 0.6) is 0 Å². The first-order valence-electron chi connectivity index (χ1n) is 6.33. The highest BCUT2D eigenvalue weighted by Gasteiger charge is 2.27. The predicted molar refractivity (Wildman–Crippen MR) is 87.1 cm³/mol. The fourth-order valence-corrected chi connectivity index (χ4v) is 2.44. The quantitative estimate of drug-likeness (QED) is 0.506. The van der Waals surface area contributed by atoms with Gasteiger partial charge in [0.15, 0.2) is 0 Å². The number of methoxy groups -OCH3 is 1. The average Bonchev–Trinajstić information content (AvgIpc) is 2.53. The number of benzene rings is 2. The minimum absolute atomic E-state index is 0.149. The molecule has 0 aliphatic rings. The Kier molecular flexibility index (Phi) is 4.77. The smallest absolute Gasteiger partial charge is 0.338 e. The molecule has 114 valence electrons. The van der Waals surface area contributed by atoms with E-state index in [0.717, 1.165) is 4.47 Å². The molecule has 0 saturated heterocycles. The predicted octanol–water partition coefficient (Wildman–Crippen LogP) is 3.85. The van der Waals surface area contributed by atoms with Crippen molar-refractivity contribution in [1.29, 1.82) is 0 Å². The highest BCUT2D eigenvalue weighted by molar-refractivity contribution is 9.10. The van der Waals surface area contributed by atoms with E-state index in [4.69, 9.17) is 4.74 Å². The molecule has 0 spiro atoms. The summed E-state index contributed by atoms with van der Waals surface area (Å²) in [5, 5.41) is 14.3. The molecular weight excluding hydrogens is 352 g/mol. The minimum Gasteiger partial charge on any atom is -0.465 e. The van der Waals surface area contributed by atoms with E-state index in [0.29, 0.717) is 11.3 Å². The average molecular weight is 365 g/mol. The number of nitro groups is 1. The summed E-state index contributed by atoms with van der Waals surface area (Å²) < 4.78 is 5.58. The summed E-state index contributed by atoms with van der Waals surface area (Å²) in [5.41, 5.74) is 1.11. The van der Waals surface area contributed by atoms with E-state index < -0.39 is 10.9 Å². The number of nitrogens with zero attached hydrogens (tertiary/aromatic N) is 1. The number of ether oxygens (including phenoxy) is 1. The minimum atomic E-state index is -0.622. The zero-order valence-electron chi connectivity index (χ0n) is 11.9. The largest absolute Gasteiger partial charge is 0.465 e. The molecule has 6 nitrogen and oxygen atoms in total. The molecule has 0 saturated carbocycles. The zero-order valence-corrected chi connectivity index (χ0v) is 13.5. The Balaban J connectivity index is 2.83. The van der Waals surface area contributed by atoms with Gasteiger partial charge in [0.05, 0.1) is 23.2 Å². The van der Waals surface area contributed by atoms with Gasteiger partial charge < -0.3 is 10.1 Å². The van der Waals surface area contributed by atoms with Gasteiger partial charge in [0, 0.05) is 11.5 Å². The lowest BCUT2D eigenvalue weighted by atomic mass is 9.96. The lowest BCUT2D eigenvalue weighted by molar-refractivity contribution is -0.383. The van der Waals surface area contributed by atoms with Gasteiger partial charge in [-0.25, -0.2) is 4.79 Å². The molecular formula is C15H13BrN2O4. The van der Waals surface area contributed by atoms with Crippen LogP contribution >= 0.6 is 15.9 Å². The zero-order chi connectivity index (χ0) is 16.3. The Bertz CT molecular complexity index is 729. The van der Waals surface area contributed by atoms with Gasteiger partial charge in [-0.15, -0.1) is 0 Å². The Labute approximate surface area is 135 Å². The van der Waals surface area contributed by atoms with Gasteiger partial charge in [-0.05, 0) is 29.8 Å². The third-order valence-electron chi connectivity index (χ3n) is 3.17. The van der Waals surface area contributed by atoms with E-state index in [2.05, 4.69) is 21.2 Å². The fourth-order valence-electron chi connectivity index (χ4n) is 2.17. The molecule has 7 heteroatoms. The van der Waals surface area contributed by atoms with Crippen LogP contribution in [-0.4, -0.2) is 25.1 Å². The maximum atomic E-state index is 12.0. The molecule has 0 bridgehead atoms. The van der Waals surface area contributed by atoms with Gasteiger partial charge in [0.1, 0.15) is 5.69 Å².